The van der Waals surface area contributed by atoms with E-state index in [1.165, 1.54) is 5.56 Å². The molecule has 0 aliphatic carbocycles. The third kappa shape index (κ3) is 3.78. The van der Waals surface area contributed by atoms with Crippen molar-refractivity contribution in [2.24, 2.45) is 0 Å². The van der Waals surface area contributed by atoms with Gasteiger partial charge in [-0.25, -0.2) is 0 Å². The minimum Gasteiger partial charge on any atom is -0.457 e. The monoisotopic (exact) mass is 304 g/mol. The molecule has 2 rings (SSSR count). The molecule has 0 unspecified atom stereocenters. The number of halogens is 1. The lowest BCUT2D eigenvalue weighted by Gasteiger charge is -2.23. The Balaban J connectivity index is 2.21. The van der Waals surface area contributed by atoms with Gasteiger partial charge in [0, 0.05) is 10.6 Å². The molecule has 0 aromatic heterocycles. The molecule has 0 heterocycles. The molecular formula is C18H21ClO2. The van der Waals surface area contributed by atoms with Gasteiger partial charge in [-0.2, -0.15) is 0 Å². The lowest BCUT2D eigenvalue weighted by molar-refractivity contribution is 0.276. The molecule has 112 valence electrons. The second-order valence-corrected chi connectivity index (χ2v) is 6.21. The molecule has 21 heavy (non-hydrogen) atoms. The van der Waals surface area contributed by atoms with E-state index in [0.29, 0.717) is 16.3 Å². The highest BCUT2D eigenvalue weighted by molar-refractivity contribution is 6.30. The van der Waals surface area contributed by atoms with Gasteiger partial charge in [0.25, 0.3) is 0 Å². The van der Waals surface area contributed by atoms with Crippen molar-refractivity contribution >= 4 is 11.6 Å². The highest BCUT2D eigenvalue weighted by Gasteiger charge is 2.17. The Hall–Kier alpha value is -1.51. The Morgan fingerprint density at radius 3 is 2.33 bits per heavy atom. The van der Waals surface area contributed by atoms with Crippen LogP contribution in [0.15, 0.2) is 42.5 Å². The minimum absolute atomic E-state index is 0.100. The summed E-state index contributed by atoms with van der Waals surface area (Å²) in [5.41, 5.74) is 2.13. The van der Waals surface area contributed by atoms with Crippen LogP contribution < -0.4 is 4.74 Å². The number of aliphatic hydroxyl groups is 1. The van der Waals surface area contributed by atoms with Gasteiger partial charge in [0.2, 0.25) is 0 Å². The van der Waals surface area contributed by atoms with E-state index in [9.17, 15) is 5.11 Å². The van der Waals surface area contributed by atoms with E-state index in [1.807, 2.05) is 12.1 Å². The van der Waals surface area contributed by atoms with E-state index in [0.717, 1.165) is 12.2 Å². The number of hydrogen-bond donors (Lipinski definition) is 1. The van der Waals surface area contributed by atoms with E-state index in [-0.39, 0.29) is 12.0 Å². The number of ether oxygens (including phenoxy) is 1. The molecule has 0 atom stereocenters. The Bertz CT molecular complexity index is 603. The topological polar surface area (TPSA) is 29.5 Å². The first-order valence-corrected chi connectivity index (χ1v) is 7.52. The fraction of sp³-hybridized carbons (Fsp3) is 0.333. The molecule has 1 N–H and O–H groups in total. The zero-order valence-electron chi connectivity index (χ0n) is 12.7. The Morgan fingerprint density at radius 2 is 1.76 bits per heavy atom. The maximum Gasteiger partial charge on any atom is 0.133 e. The summed E-state index contributed by atoms with van der Waals surface area (Å²) < 4.78 is 5.84. The van der Waals surface area contributed by atoms with Crippen LogP contribution in [0.4, 0.5) is 0 Å². The average Bonchev–Trinajstić information content (AvgIpc) is 2.49. The second-order valence-electron chi connectivity index (χ2n) is 5.77. The fourth-order valence-electron chi connectivity index (χ4n) is 2.08. The summed E-state index contributed by atoms with van der Waals surface area (Å²) in [4.78, 5) is 0. The summed E-state index contributed by atoms with van der Waals surface area (Å²) in [6.07, 6.45) is 1.08. The molecule has 0 bridgehead atoms. The lowest BCUT2D eigenvalue weighted by atomic mass is 9.82. The SMILES string of the molecule is CCC(C)(C)c1ccc(Oc2ccc(Cl)cc2CO)cc1. The predicted molar refractivity (Wildman–Crippen MR) is 87.2 cm³/mol. The maximum atomic E-state index is 9.36. The van der Waals surface area contributed by atoms with Gasteiger partial charge in [-0.05, 0) is 47.7 Å². The standard InChI is InChI=1S/C18H21ClO2/c1-4-18(2,3)14-5-8-16(9-6-14)21-17-10-7-15(19)11-13(17)12-20/h5-11,20H,4,12H2,1-3H3. The van der Waals surface area contributed by atoms with Crippen molar-refractivity contribution in [3.63, 3.8) is 0 Å². The minimum atomic E-state index is -0.100. The van der Waals surface area contributed by atoms with Gasteiger partial charge < -0.3 is 9.84 Å². The van der Waals surface area contributed by atoms with Crippen LogP contribution in [0.1, 0.15) is 38.3 Å². The van der Waals surface area contributed by atoms with E-state index < -0.39 is 0 Å². The van der Waals surface area contributed by atoms with E-state index >= 15 is 0 Å². The van der Waals surface area contributed by atoms with Crippen LogP contribution >= 0.6 is 11.6 Å². The van der Waals surface area contributed by atoms with Gasteiger partial charge in [-0.15, -0.1) is 0 Å². The lowest BCUT2D eigenvalue weighted by Crippen LogP contribution is -2.14. The number of hydrogen-bond acceptors (Lipinski definition) is 2. The molecule has 0 amide bonds. The summed E-state index contributed by atoms with van der Waals surface area (Å²) >= 11 is 5.92. The van der Waals surface area contributed by atoms with Crippen molar-refractivity contribution in [2.45, 2.75) is 39.2 Å². The molecule has 2 aromatic rings. The number of rotatable bonds is 5. The zero-order chi connectivity index (χ0) is 15.5. The Kier molecular flexibility index (Phi) is 4.92. The van der Waals surface area contributed by atoms with Crippen molar-refractivity contribution in [3.8, 4) is 11.5 Å². The highest BCUT2D eigenvalue weighted by Crippen LogP contribution is 2.31. The van der Waals surface area contributed by atoms with Crippen LogP contribution in [0, 0.1) is 0 Å². The van der Waals surface area contributed by atoms with Crippen molar-refractivity contribution in [1.82, 2.24) is 0 Å². The van der Waals surface area contributed by atoms with Crippen molar-refractivity contribution in [1.29, 1.82) is 0 Å². The van der Waals surface area contributed by atoms with Crippen LogP contribution in [-0.4, -0.2) is 5.11 Å². The molecule has 2 nitrogen and oxygen atoms in total. The fourth-order valence-corrected chi connectivity index (χ4v) is 2.27. The van der Waals surface area contributed by atoms with Crippen LogP contribution in [0.2, 0.25) is 5.02 Å². The third-order valence-corrected chi connectivity index (χ3v) is 4.18. The first-order valence-electron chi connectivity index (χ1n) is 7.14. The molecule has 0 aliphatic rings. The van der Waals surface area contributed by atoms with Crippen LogP contribution in [0.3, 0.4) is 0 Å². The van der Waals surface area contributed by atoms with Crippen LogP contribution in [0.25, 0.3) is 0 Å². The first-order chi connectivity index (χ1) is 9.96. The van der Waals surface area contributed by atoms with Gasteiger partial charge in [-0.1, -0.05) is 44.5 Å². The molecule has 0 aliphatic heterocycles. The van der Waals surface area contributed by atoms with Crippen LogP contribution in [-0.2, 0) is 12.0 Å². The summed E-state index contributed by atoms with van der Waals surface area (Å²) in [6, 6.07) is 13.3. The van der Waals surface area contributed by atoms with Gasteiger partial charge >= 0.3 is 0 Å². The maximum absolute atomic E-state index is 9.36. The zero-order valence-corrected chi connectivity index (χ0v) is 13.4. The molecule has 0 spiro atoms. The molecule has 0 saturated heterocycles. The van der Waals surface area contributed by atoms with Gasteiger partial charge in [0.15, 0.2) is 0 Å². The molecule has 0 fully saturated rings. The van der Waals surface area contributed by atoms with Gasteiger partial charge in [0.05, 0.1) is 6.61 Å². The summed E-state index contributed by atoms with van der Waals surface area (Å²) in [5, 5.41) is 9.95. The molecular weight excluding hydrogens is 284 g/mol. The molecule has 2 aromatic carbocycles. The summed E-state index contributed by atoms with van der Waals surface area (Å²) in [6.45, 7) is 6.54. The molecule has 0 radical (unpaired) electrons. The molecule has 3 heteroatoms. The second kappa shape index (κ2) is 6.50. The quantitative estimate of drug-likeness (QED) is 0.811. The largest absolute Gasteiger partial charge is 0.457 e. The highest BCUT2D eigenvalue weighted by atomic mass is 35.5. The third-order valence-electron chi connectivity index (χ3n) is 3.94. The predicted octanol–water partition coefficient (Wildman–Crippen LogP) is 5.31. The summed E-state index contributed by atoms with van der Waals surface area (Å²) in [7, 11) is 0. The molecule has 0 saturated carbocycles. The van der Waals surface area contributed by atoms with Crippen molar-refractivity contribution in [2.75, 3.05) is 0 Å². The smallest absolute Gasteiger partial charge is 0.133 e. The Morgan fingerprint density at radius 1 is 1.10 bits per heavy atom. The normalized spacial score (nSPS) is 11.5. The van der Waals surface area contributed by atoms with Crippen molar-refractivity contribution in [3.05, 3.63) is 58.6 Å². The number of aliphatic hydroxyl groups excluding tert-OH is 1. The Labute approximate surface area is 131 Å². The summed E-state index contributed by atoms with van der Waals surface area (Å²) in [5.74, 6) is 1.38. The van der Waals surface area contributed by atoms with E-state index in [2.05, 4.69) is 32.9 Å². The van der Waals surface area contributed by atoms with Crippen molar-refractivity contribution < 1.29 is 9.84 Å². The van der Waals surface area contributed by atoms with Gasteiger partial charge in [0.1, 0.15) is 11.5 Å². The first kappa shape index (κ1) is 15.9. The number of benzene rings is 2. The van der Waals surface area contributed by atoms with Gasteiger partial charge in [-0.3, -0.25) is 0 Å². The van der Waals surface area contributed by atoms with E-state index in [4.69, 9.17) is 16.3 Å². The van der Waals surface area contributed by atoms with Crippen LogP contribution in [0.5, 0.6) is 11.5 Å². The van der Waals surface area contributed by atoms with E-state index in [1.54, 1.807) is 18.2 Å². The average molecular weight is 305 g/mol.